The Labute approximate surface area is 148 Å². The molecule has 2 amide bonds. The van der Waals surface area contributed by atoms with Crippen LogP contribution in [0.15, 0.2) is 48.7 Å². The molecule has 0 aliphatic carbocycles. The van der Waals surface area contributed by atoms with Gasteiger partial charge in [0.1, 0.15) is 17.7 Å². The van der Waals surface area contributed by atoms with Gasteiger partial charge >= 0.3 is 0 Å². The number of aromatic amines is 1. The number of H-pyrrole nitrogens is 1. The van der Waals surface area contributed by atoms with Crippen LogP contribution in [0.1, 0.15) is 12.5 Å². The number of anilines is 1. The smallest absolute Gasteiger partial charge is 0.247 e. The number of fused-ring (bicyclic) bond motifs is 1. The Balaban J connectivity index is 1.83. The van der Waals surface area contributed by atoms with Crippen LogP contribution in [0, 0.1) is 11.6 Å². The van der Waals surface area contributed by atoms with Crippen LogP contribution in [0.3, 0.4) is 0 Å². The van der Waals surface area contributed by atoms with Crippen LogP contribution >= 0.6 is 0 Å². The van der Waals surface area contributed by atoms with Gasteiger partial charge in [-0.05, 0) is 23.8 Å². The zero-order valence-corrected chi connectivity index (χ0v) is 14.0. The summed E-state index contributed by atoms with van der Waals surface area (Å²) in [6, 6.07) is 9.53. The zero-order chi connectivity index (χ0) is 18.7. The second kappa shape index (κ2) is 7.35. The molecule has 0 radical (unpaired) electrons. The molecule has 2 aromatic carbocycles. The van der Waals surface area contributed by atoms with Crippen molar-refractivity contribution in [3.8, 4) is 0 Å². The Morgan fingerprint density at radius 2 is 1.92 bits per heavy atom. The molecule has 3 rings (SSSR count). The average Bonchev–Trinajstić information content (AvgIpc) is 2.99. The van der Waals surface area contributed by atoms with Crippen molar-refractivity contribution in [3.05, 3.63) is 65.9 Å². The van der Waals surface area contributed by atoms with E-state index in [1.807, 2.05) is 24.3 Å². The molecule has 3 N–H and O–H groups in total. The molecule has 7 heteroatoms. The number of carbonyl (C=O) groups is 2. The number of para-hydroxylation sites is 1. The summed E-state index contributed by atoms with van der Waals surface area (Å²) in [5, 5.41) is 5.90. The van der Waals surface area contributed by atoms with E-state index in [-0.39, 0.29) is 18.0 Å². The summed E-state index contributed by atoms with van der Waals surface area (Å²) in [7, 11) is 0. The Morgan fingerprint density at radius 3 is 2.65 bits per heavy atom. The highest BCUT2D eigenvalue weighted by Crippen LogP contribution is 2.20. The molecular formula is C19H17F2N3O2. The van der Waals surface area contributed by atoms with E-state index < -0.39 is 23.6 Å². The minimum absolute atomic E-state index is 0.148. The third-order valence-corrected chi connectivity index (χ3v) is 3.98. The second-order valence-corrected chi connectivity index (χ2v) is 5.93. The Hall–Kier alpha value is -3.22. The fraction of sp³-hybridized carbons (Fsp3) is 0.158. The van der Waals surface area contributed by atoms with E-state index in [9.17, 15) is 18.4 Å². The van der Waals surface area contributed by atoms with E-state index in [1.54, 1.807) is 6.20 Å². The van der Waals surface area contributed by atoms with Crippen molar-refractivity contribution >= 4 is 28.4 Å². The Morgan fingerprint density at radius 1 is 1.15 bits per heavy atom. The maximum atomic E-state index is 13.8. The van der Waals surface area contributed by atoms with Crippen molar-refractivity contribution in [1.82, 2.24) is 10.3 Å². The predicted molar refractivity (Wildman–Crippen MR) is 94.6 cm³/mol. The lowest BCUT2D eigenvalue weighted by Crippen LogP contribution is -2.44. The topological polar surface area (TPSA) is 74.0 Å². The molecule has 1 heterocycles. The largest absolute Gasteiger partial charge is 0.361 e. The van der Waals surface area contributed by atoms with Crippen LogP contribution in [0.25, 0.3) is 10.9 Å². The number of hydrogen-bond acceptors (Lipinski definition) is 2. The lowest BCUT2D eigenvalue weighted by Gasteiger charge is -2.17. The lowest BCUT2D eigenvalue weighted by atomic mass is 10.0. The maximum Gasteiger partial charge on any atom is 0.247 e. The van der Waals surface area contributed by atoms with Gasteiger partial charge in [-0.3, -0.25) is 9.59 Å². The third kappa shape index (κ3) is 3.88. The maximum absolute atomic E-state index is 13.8. The molecule has 0 aliphatic rings. The first-order valence-corrected chi connectivity index (χ1v) is 8.02. The summed E-state index contributed by atoms with van der Waals surface area (Å²) in [4.78, 5) is 27.1. The van der Waals surface area contributed by atoms with Gasteiger partial charge in [0, 0.05) is 36.5 Å². The molecule has 134 valence electrons. The molecule has 0 saturated heterocycles. The molecule has 26 heavy (non-hydrogen) atoms. The minimum Gasteiger partial charge on any atom is -0.361 e. The van der Waals surface area contributed by atoms with Crippen molar-refractivity contribution in [2.24, 2.45) is 0 Å². The van der Waals surface area contributed by atoms with E-state index in [2.05, 4.69) is 15.6 Å². The summed E-state index contributed by atoms with van der Waals surface area (Å²) in [5.74, 6) is -2.59. The first-order chi connectivity index (χ1) is 12.4. The second-order valence-electron chi connectivity index (χ2n) is 5.93. The number of rotatable bonds is 5. The van der Waals surface area contributed by atoms with Gasteiger partial charge in [-0.1, -0.05) is 18.2 Å². The molecule has 0 spiro atoms. The van der Waals surface area contributed by atoms with Crippen LogP contribution in [0.5, 0.6) is 0 Å². The van der Waals surface area contributed by atoms with Crippen LogP contribution in [-0.2, 0) is 16.0 Å². The molecule has 1 unspecified atom stereocenters. The molecule has 0 saturated carbocycles. The quantitative estimate of drug-likeness (QED) is 0.656. The zero-order valence-electron chi connectivity index (χ0n) is 14.0. The number of carbonyl (C=O) groups excluding carboxylic acids is 2. The molecule has 0 aliphatic heterocycles. The minimum atomic E-state index is -0.906. The molecule has 5 nitrogen and oxygen atoms in total. The van der Waals surface area contributed by atoms with Gasteiger partial charge in [-0.2, -0.15) is 0 Å². The molecule has 1 atom stereocenters. The van der Waals surface area contributed by atoms with Crippen LogP contribution in [0.2, 0.25) is 0 Å². The van der Waals surface area contributed by atoms with E-state index in [4.69, 9.17) is 0 Å². The standard InChI is InChI=1S/C19H17F2N3O2/c1-11(25)23-18(8-12-10-22-16-5-3-2-4-14(12)16)19(26)24-17-7-6-13(20)9-15(17)21/h2-7,9-10,18,22H,8H2,1H3,(H,23,25)(H,24,26). The van der Waals surface area contributed by atoms with Crippen molar-refractivity contribution in [2.75, 3.05) is 5.32 Å². The van der Waals surface area contributed by atoms with Crippen molar-refractivity contribution in [2.45, 2.75) is 19.4 Å². The first kappa shape index (κ1) is 17.6. The summed E-state index contributed by atoms with van der Waals surface area (Å²) in [5.41, 5.74) is 1.61. The third-order valence-electron chi connectivity index (χ3n) is 3.98. The first-order valence-electron chi connectivity index (χ1n) is 8.02. The molecule has 1 aromatic heterocycles. The van der Waals surface area contributed by atoms with E-state index >= 15 is 0 Å². The molecule has 0 bridgehead atoms. The van der Waals surface area contributed by atoms with Gasteiger partial charge in [0.25, 0.3) is 0 Å². The fourth-order valence-corrected chi connectivity index (χ4v) is 2.79. The SMILES string of the molecule is CC(=O)NC(Cc1c[nH]c2ccccc12)C(=O)Nc1ccc(F)cc1F. The average molecular weight is 357 g/mol. The van der Waals surface area contributed by atoms with Crippen molar-refractivity contribution < 1.29 is 18.4 Å². The van der Waals surface area contributed by atoms with E-state index in [0.29, 0.717) is 6.07 Å². The number of nitrogens with one attached hydrogen (secondary N) is 3. The Kier molecular flexibility index (Phi) is 4.97. The highest BCUT2D eigenvalue weighted by Gasteiger charge is 2.22. The highest BCUT2D eigenvalue weighted by atomic mass is 19.1. The molecular weight excluding hydrogens is 340 g/mol. The Bertz CT molecular complexity index is 968. The molecule has 3 aromatic rings. The van der Waals surface area contributed by atoms with Gasteiger partial charge in [0.15, 0.2) is 0 Å². The number of halogens is 2. The number of aromatic nitrogens is 1. The summed E-state index contributed by atoms with van der Waals surface area (Å²) >= 11 is 0. The normalized spacial score (nSPS) is 12.0. The summed E-state index contributed by atoms with van der Waals surface area (Å²) in [6.45, 7) is 1.30. The summed E-state index contributed by atoms with van der Waals surface area (Å²) in [6.07, 6.45) is 1.99. The van der Waals surface area contributed by atoms with Gasteiger partial charge in [-0.25, -0.2) is 8.78 Å². The summed E-state index contributed by atoms with van der Waals surface area (Å²) < 4.78 is 26.8. The van der Waals surface area contributed by atoms with Gasteiger partial charge in [0.2, 0.25) is 11.8 Å². The predicted octanol–water partition coefficient (Wildman–Crippen LogP) is 3.13. The van der Waals surface area contributed by atoms with E-state index in [0.717, 1.165) is 28.6 Å². The molecule has 0 fully saturated rings. The van der Waals surface area contributed by atoms with Gasteiger partial charge < -0.3 is 15.6 Å². The van der Waals surface area contributed by atoms with Crippen LogP contribution < -0.4 is 10.6 Å². The van der Waals surface area contributed by atoms with Crippen LogP contribution in [-0.4, -0.2) is 22.8 Å². The van der Waals surface area contributed by atoms with Crippen molar-refractivity contribution in [3.63, 3.8) is 0 Å². The van der Waals surface area contributed by atoms with E-state index in [1.165, 1.54) is 6.92 Å². The number of amides is 2. The van der Waals surface area contributed by atoms with Crippen molar-refractivity contribution in [1.29, 1.82) is 0 Å². The number of benzene rings is 2. The fourth-order valence-electron chi connectivity index (χ4n) is 2.79. The monoisotopic (exact) mass is 357 g/mol. The highest BCUT2D eigenvalue weighted by molar-refractivity contribution is 5.97. The van der Waals surface area contributed by atoms with Gasteiger partial charge in [-0.15, -0.1) is 0 Å². The van der Waals surface area contributed by atoms with Gasteiger partial charge in [0.05, 0.1) is 5.69 Å². The lowest BCUT2D eigenvalue weighted by molar-refractivity contribution is -0.125. The van der Waals surface area contributed by atoms with Crippen LogP contribution in [0.4, 0.5) is 14.5 Å². The number of hydrogen-bond donors (Lipinski definition) is 3.